The van der Waals surface area contributed by atoms with Crippen LogP contribution < -0.4 is 4.74 Å². The smallest absolute Gasteiger partial charge is 0.304 e. The molecule has 1 aromatic rings. The van der Waals surface area contributed by atoms with E-state index in [1.165, 1.54) is 13.3 Å². The van der Waals surface area contributed by atoms with Gasteiger partial charge in [0.1, 0.15) is 5.75 Å². The summed E-state index contributed by atoms with van der Waals surface area (Å²) in [5.41, 5.74) is 0.615. The highest BCUT2D eigenvalue weighted by molar-refractivity contribution is 6.30. The third-order valence-corrected chi connectivity index (χ3v) is 2.22. The van der Waals surface area contributed by atoms with Crippen LogP contribution in [0.3, 0.4) is 0 Å². The molecular weight excluding hydrogens is 218 g/mol. The Morgan fingerprint density at radius 2 is 2.40 bits per heavy atom. The predicted molar refractivity (Wildman–Crippen MR) is 56.5 cm³/mol. The van der Waals surface area contributed by atoms with E-state index in [0.29, 0.717) is 16.5 Å². The van der Waals surface area contributed by atoms with Gasteiger partial charge in [-0.1, -0.05) is 18.5 Å². The number of aromatic nitrogens is 1. The molecule has 0 aromatic carbocycles. The van der Waals surface area contributed by atoms with E-state index < -0.39 is 5.97 Å². The average Bonchev–Trinajstić information content (AvgIpc) is 2.16. The molecule has 1 aromatic heterocycles. The van der Waals surface area contributed by atoms with Crippen molar-refractivity contribution in [3.8, 4) is 5.75 Å². The molecule has 0 bridgehead atoms. The van der Waals surface area contributed by atoms with Crippen molar-refractivity contribution in [3.63, 3.8) is 0 Å². The first-order chi connectivity index (χ1) is 7.04. The van der Waals surface area contributed by atoms with Gasteiger partial charge in [0.2, 0.25) is 0 Å². The molecule has 0 fully saturated rings. The number of halogens is 1. The zero-order valence-electron chi connectivity index (χ0n) is 8.53. The molecule has 1 atom stereocenters. The molecule has 5 heteroatoms. The standard InChI is InChI=1S/C10H12ClNO3/c1-6(3-9(13)14)10-8(15-2)4-7(11)5-12-10/h4-6H,3H2,1-2H3,(H,13,14). The molecule has 82 valence electrons. The van der Waals surface area contributed by atoms with Gasteiger partial charge in [-0.3, -0.25) is 9.78 Å². The van der Waals surface area contributed by atoms with Crippen LogP contribution in [0.5, 0.6) is 5.75 Å². The topological polar surface area (TPSA) is 59.4 Å². The molecule has 0 aliphatic heterocycles. The number of nitrogens with zero attached hydrogens (tertiary/aromatic N) is 1. The molecule has 1 heterocycles. The molecule has 4 nitrogen and oxygen atoms in total. The van der Waals surface area contributed by atoms with Crippen molar-refractivity contribution < 1.29 is 14.6 Å². The number of carboxylic acid groups (broad SMARTS) is 1. The summed E-state index contributed by atoms with van der Waals surface area (Å²) in [6, 6.07) is 1.63. The normalized spacial score (nSPS) is 12.2. The molecule has 0 saturated carbocycles. The van der Waals surface area contributed by atoms with Crippen molar-refractivity contribution >= 4 is 17.6 Å². The van der Waals surface area contributed by atoms with Crippen molar-refractivity contribution in [1.82, 2.24) is 4.98 Å². The van der Waals surface area contributed by atoms with Gasteiger partial charge in [-0.15, -0.1) is 0 Å². The van der Waals surface area contributed by atoms with Crippen LogP contribution in [-0.4, -0.2) is 23.2 Å². The molecule has 1 N–H and O–H groups in total. The van der Waals surface area contributed by atoms with Crippen LogP contribution in [0, 0.1) is 0 Å². The summed E-state index contributed by atoms with van der Waals surface area (Å²) in [7, 11) is 1.50. The number of rotatable bonds is 4. The number of aliphatic carboxylic acids is 1. The van der Waals surface area contributed by atoms with E-state index in [0.717, 1.165) is 0 Å². The number of carboxylic acids is 1. The fraction of sp³-hybridized carbons (Fsp3) is 0.400. The maximum atomic E-state index is 10.6. The molecule has 1 unspecified atom stereocenters. The first-order valence-corrected chi connectivity index (χ1v) is 4.83. The van der Waals surface area contributed by atoms with E-state index >= 15 is 0 Å². The Hall–Kier alpha value is -1.29. The van der Waals surface area contributed by atoms with E-state index in [-0.39, 0.29) is 12.3 Å². The summed E-state index contributed by atoms with van der Waals surface area (Å²) in [5, 5.41) is 9.14. The van der Waals surface area contributed by atoms with Crippen molar-refractivity contribution in [2.75, 3.05) is 7.11 Å². The maximum Gasteiger partial charge on any atom is 0.304 e. The lowest BCUT2D eigenvalue weighted by atomic mass is 10.0. The van der Waals surface area contributed by atoms with E-state index in [1.807, 2.05) is 0 Å². The average molecular weight is 230 g/mol. The minimum atomic E-state index is -0.860. The zero-order chi connectivity index (χ0) is 11.4. The third kappa shape index (κ3) is 3.09. The van der Waals surface area contributed by atoms with Gasteiger partial charge in [-0.2, -0.15) is 0 Å². The third-order valence-electron chi connectivity index (χ3n) is 2.02. The Balaban J connectivity index is 2.97. The largest absolute Gasteiger partial charge is 0.495 e. The summed E-state index contributed by atoms with van der Waals surface area (Å²) in [5.74, 6) is -0.535. The highest BCUT2D eigenvalue weighted by Crippen LogP contribution is 2.28. The summed E-state index contributed by atoms with van der Waals surface area (Å²) >= 11 is 5.75. The molecule has 0 radical (unpaired) electrons. The van der Waals surface area contributed by atoms with Crippen molar-refractivity contribution in [1.29, 1.82) is 0 Å². The fourth-order valence-corrected chi connectivity index (χ4v) is 1.47. The minimum Gasteiger partial charge on any atom is -0.495 e. The Labute approximate surface area is 92.8 Å². The van der Waals surface area contributed by atoms with Gasteiger partial charge in [-0.25, -0.2) is 0 Å². The second-order valence-electron chi connectivity index (χ2n) is 3.24. The molecular formula is C10H12ClNO3. The van der Waals surface area contributed by atoms with Crippen LogP contribution in [0.25, 0.3) is 0 Å². The first-order valence-electron chi connectivity index (χ1n) is 4.45. The summed E-state index contributed by atoms with van der Waals surface area (Å²) in [6.07, 6.45) is 1.50. The van der Waals surface area contributed by atoms with Crippen molar-refractivity contribution in [3.05, 3.63) is 23.0 Å². The van der Waals surface area contributed by atoms with Crippen LogP contribution >= 0.6 is 11.6 Å². The molecule has 0 amide bonds. The summed E-state index contributed by atoms with van der Waals surface area (Å²) in [4.78, 5) is 14.6. The number of hydrogen-bond acceptors (Lipinski definition) is 3. The van der Waals surface area contributed by atoms with E-state index in [4.69, 9.17) is 21.4 Å². The van der Waals surface area contributed by atoms with E-state index in [2.05, 4.69) is 4.98 Å². The van der Waals surface area contributed by atoms with Gasteiger partial charge in [0.25, 0.3) is 0 Å². The van der Waals surface area contributed by atoms with Crippen LogP contribution in [-0.2, 0) is 4.79 Å². The van der Waals surface area contributed by atoms with Crippen LogP contribution in [0.4, 0.5) is 0 Å². The van der Waals surface area contributed by atoms with Crippen molar-refractivity contribution in [2.45, 2.75) is 19.3 Å². The Bertz CT molecular complexity index is 368. The Morgan fingerprint density at radius 3 is 2.93 bits per heavy atom. The van der Waals surface area contributed by atoms with Gasteiger partial charge in [-0.05, 0) is 0 Å². The van der Waals surface area contributed by atoms with Crippen LogP contribution in [0.2, 0.25) is 5.02 Å². The second-order valence-corrected chi connectivity index (χ2v) is 3.68. The molecule has 15 heavy (non-hydrogen) atoms. The molecule has 0 aliphatic carbocycles. The highest BCUT2D eigenvalue weighted by atomic mass is 35.5. The monoisotopic (exact) mass is 229 g/mol. The van der Waals surface area contributed by atoms with E-state index in [1.54, 1.807) is 13.0 Å². The number of carbonyl (C=O) groups is 1. The van der Waals surface area contributed by atoms with Gasteiger partial charge in [0.15, 0.2) is 0 Å². The Morgan fingerprint density at radius 1 is 1.73 bits per heavy atom. The predicted octanol–water partition coefficient (Wildman–Crippen LogP) is 2.32. The number of pyridine rings is 1. The number of methoxy groups -OCH3 is 1. The lowest BCUT2D eigenvalue weighted by Crippen LogP contribution is -2.06. The SMILES string of the molecule is COc1cc(Cl)cnc1C(C)CC(=O)O. The lowest BCUT2D eigenvalue weighted by molar-refractivity contribution is -0.137. The summed E-state index contributed by atoms with van der Waals surface area (Å²) in [6.45, 7) is 1.78. The van der Waals surface area contributed by atoms with E-state index in [9.17, 15) is 4.79 Å². The van der Waals surface area contributed by atoms with Crippen molar-refractivity contribution in [2.24, 2.45) is 0 Å². The first kappa shape index (κ1) is 11.8. The molecule has 0 spiro atoms. The molecule has 1 rings (SSSR count). The van der Waals surface area contributed by atoms with Gasteiger partial charge < -0.3 is 9.84 Å². The van der Waals surface area contributed by atoms with Crippen LogP contribution in [0.1, 0.15) is 25.0 Å². The summed E-state index contributed by atoms with van der Waals surface area (Å²) < 4.78 is 5.09. The second kappa shape index (κ2) is 4.98. The highest BCUT2D eigenvalue weighted by Gasteiger charge is 2.16. The van der Waals surface area contributed by atoms with Gasteiger partial charge in [0.05, 0.1) is 24.2 Å². The number of hydrogen-bond donors (Lipinski definition) is 1. The quantitative estimate of drug-likeness (QED) is 0.861. The Kier molecular flexibility index (Phi) is 3.91. The molecule has 0 saturated heterocycles. The zero-order valence-corrected chi connectivity index (χ0v) is 9.28. The minimum absolute atomic E-state index is 0.0188. The van der Waals surface area contributed by atoms with Gasteiger partial charge in [0, 0.05) is 18.2 Å². The maximum absolute atomic E-state index is 10.6. The fourth-order valence-electron chi connectivity index (χ4n) is 1.32. The lowest BCUT2D eigenvalue weighted by Gasteiger charge is -2.12. The van der Waals surface area contributed by atoms with Crippen LogP contribution in [0.15, 0.2) is 12.3 Å². The molecule has 0 aliphatic rings. The number of ether oxygens (including phenoxy) is 1. The van der Waals surface area contributed by atoms with Gasteiger partial charge >= 0.3 is 5.97 Å².